The first-order valence-electron chi connectivity index (χ1n) is 9.35. The predicted molar refractivity (Wildman–Crippen MR) is 97.1 cm³/mol. The molecule has 1 N–H and O–H groups in total. The van der Waals surface area contributed by atoms with E-state index in [1.165, 1.54) is 5.56 Å². The molecule has 4 heteroatoms. The highest BCUT2D eigenvalue weighted by Crippen LogP contribution is 2.61. The monoisotopic (exact) mass is 343 g/mol. The van der Waals surface area contributed by atoms with E-state index < -0.39 is 0 Å². The van der Waals surface area contributed by atoms with Gasteiger partial charge in [0.1, 0.15) is 0 Å². The molecule has 0 aromatic heterocycles. The molecule has 2 bridgehead atoms. The Morgan fingerprint density at radius 2 is 1.84 bits per heavy atom. The van der Waals surface area contributed by atoms with Crippen LogP contribution in [0.5, 0.6) is 0 Å². The molecule has 3 saturated carbocycles. The second kappa shape index (κ2) is 6.81. The van der Waals surface area contributed by atoms with Gasteiger partial charge in [0, 0.05) is 18.4 Å². The lowest BCUT2D eigenvalue weighted by molar-refractivity contribution is -0.180. The van der Waals surface area contributed by atoms with Crippen LogP contribution >= 0.6 is 0 Å². The number of esters is 1. The Morgan fingerprint density at radius 1 is 1.20 bits per heavy atom. The third-order valence-electron chi connectivity index (χ3n) is 5.84. The molecule has 1 aromatic rings. The molecule has 3 aliphatic carbocycles. The van der Waals surface area contributed by atoms with Crippen LogP contribution in [-0.4, -0.2) is 24.0 Å². The molecule has 1 aromatic carbocycles. The average Bonchev–Trinajstić information content (AvgIpc) is 2.50. The van der Waals surface area contributed by atoms with Gasteiger partial charge >= 0.3 is 5.97 Å². The molecule has 3 fully saturated rings. The summed E-state index contributed by atoms with van der Waals surface area (Å²) in [6.07, 6.45) is 3.11. The van der Waals surface area contributed by atoms with E-state index in [0.717, 1.165) is 24.8 Å². The van der Waals surface area contributed by atoms with Crippen LogP contribution in [0, 0.1) is 17.8 Å². The Labute approximate surface area is 150 Å². The van der Waals surface area contributed by atoms with Crippen LogP contribution in [0.25, 0.3) is 0 Å². The molecule has 0 aliphatic heterocycles. The van der Waals surface area contributed by atoms with E-state index in [0.29, 0.717) is 24.4 Å². The largest absolute Gasteiger partial charge is 0.465 e. The summed E-state index contributed by atoms with van der Waals surface area (Å²) >= 11 is 0. The molecule has 136 valence electrons. The van der Waals surface area contributed by atoms with E-state index in [1.807, 2.05) is 19.1 Å². The summed E-state index contributed by atoms with van der Waals surface area (Å²) in [5.41, 5.74) is 2.19. The minimum atomic E-state index is -0.263. The summed E-state index contributed by atoms with van der Waals surface area (Å²) in [7, 11) is 0. The van der Waals surface area contributed by atoms with Crippen molar-refractivity contribution in [2.24, 2.45) is 17.8 Å². The predicted octanol–water partition coefficient (Wildman–Crippen LogP) is 3.45. The van der Waals surface area contributed by atoms with Crippen molar-refractivity contribution in [3.63, 3.8) is 0 Å². The van der Waals surface area contributed by atoms with Gasteiger partial charge in [0.25, 0.3) is 0 Å². The molecule has 4 rings (SSSR count). The Morgan fingerprint density at radius 3 is 2.32 bits per heavy atom. The van der Waals surface area contributed by atoms with E-state index in [9.17, 15) is 9.59 Å². The molecule has 0 radical (unpaired) electrons. The molecule has 0 saturated heterocycles. The fourth-order valence-corrected chi connectivity index (χ4v) is 4.28. The summed E-state index contributed by atoms with van der Waals surface area (Å²) in [4.78, 5) is 23.7. The Bertz CT molecular complexity index is 644. The quantitative estimate of drug-likeness (QED) is 0.772. The lowest BCUT2D eigenvalue weighted by Crippen LogP contribution is -2.76. The van der Waals surface area contributed by atoms with Crippen LogP contribution in [0.1, 0.15) is 57.6 Å². The van der Waals surface area contributed by atoms with Gasteiger partial charge in [0.2, 0.25) is 5.91 Å². The van der Waals surface area contributed by atoms with Crippen LogP contribution in [0.15, 0.2) is 24.3 Å². The van der Waals surface area contributed by atoms with Crippen molar-refractivity contribution < 1.29 is 14.3 Å². The van der Waals surface area contributed by atoms with Crippen LogP contribution in [0.4, 0.5) is 0 Å². The van der Waals surface area contributed by atoms with E-state index in [2.05, 4.69) is 31.3 Å². The zero-order valence-corrected chi connectivity index (χ0v) is 15.7. The lowest BCUT2D eigenvalue weighted by Gasteiger charge is -2.67. The Hall–Kier alpha value is -1.84. The maximum absolute atomic E-state index is 12.4. The molecule has 25 heavy (non-hydrogen) atoms. The molecule has 3 aliphatic rings. The highest BCUT2D eigenvalue weighted by Gasteiger charge is 2.66. The number of carbonyl (C=O) groups excluding carboxylic acids is 2. The number of nitrogens with one attached hydrogen (secondary N) is 1. The van der Waals surface area contributed by atoms with Gasteiger partial charge in [-0.25, -0.2) is 0 Å². The smallest absolute Gasteiger partial charge is 0.313 e. The first kappa shape index (κ1) is 18.0. The van der Waals surface area contributed by atoms with Crippen LogP contribution in [0.2, 0.25) is 0 Å². The lowest BCUT2D eigenvalue weighted by atomic mass is 9.42. The maximum Gasteiger partial charge on any atom is 0.313 e. The zero-order valence-electron chi connectivity index (χ0n) is 15.7. The first-order valence-corrected chi connectivity index (χ1v) is 9.35. The summed E-state index contributed by atoms with van der Waals surface area (Å²) < 4.78 is 5.57. The first-order chi connectivity index (χ1) is 11.8. The second-order valence-electron chi connectivity index (χ2n) is 8.30. The summed E-state index contributed by atoms with van der Waals surface area (Å²) in [5.74, 6) is 1.08. The normalized spacial score (nSPS) is 27.9. The number of hydrogen-bond donors (Lipinski definition) is 1. The Balaban J connectivity index is 1.51. The van der Waals surface area contributed by atoms with E-state index in [4.69, 9.17) is 4.74 Å². The minimum Gasteiger partial charge on any atom is -0.465 e. The van der Waals surface area contributed by atoms with Crippen LogP contribution < -0.4 is 5.32 Å². The number of carbonyl (C=O) groups is 2. The molecule has 1 amide bonds. The molecule has 0 heterocycles. The van der Waals surface area contributed by atoms with Gasteiger partial charge in [-0.15, -0.1) is 0 Å². The van der Waals surface area contributed by atoms with Gasteiger partial charge in [-0.1, -0.05) is 38.1 Å². The van der Waals surface area contributed by atoms with E-state index in [-0.39, 0.29) is 23.3 Å². The minimum absolute atomic E-state index is 0.00401. The SMILES string of the molecule is CC(=O)NC12CC(C1)C2COC(=O)C(C)c1ccc(CC(C)C)cc1. The fraction of sp³-hybridized carbons (Fsp3) is 0.619. The van der Waals surface area contributed by atoms with Gasteiger partial charge in [-0.05, 0) is 49.1 Å². The topological polar surface area (TPSA) is 55.4 Å². The second-order valence-corrected chi connectivity index (χ2v) is 8.30. The zero-order chi connectivity index (χ0) is 18.2. The highest BCUT2D eigenvalue weighted by atomic mass is 16.5. The average molecular weight is 343 g/mol. The maximum atomic E-state index is 12.4. The number of rotatable bonds is 7. The summed E-state index contributed by atoms with van der Waals surface area (Å²) in [5, 5.41) is 3.05. The van der Waals surface area contributed by atoms with Crippen molar-refractivity contribution in [2.45, 2.75) is 58.4 Å². The molecule has 0 spiro atoms. The van der Waals surface area contributed by atoms with Crippen molar-refractivity contribution in [3.8, 4) is 0 Å². The van der Waals surface area contributed by atoms with Gasteiger partial charge in [-0.3, -0.25) is 9.59 Å². The number of amides is 1. The van der Waals surface area contributed by atoms with Crippen LogP contribution in [-0.2, 0) is 20.7 Å². The standard InChI is InChI=1S/C21H29NO3/c1-13(2)9-16-5-7-17(8-6-16)14(3)20(24)25-12-19-18-10-21(19,11-18)22-15(4)23/h5-8,13-14,18-19H,9-12H2,1-4H3,(H,22,23). The van der Waals surface area contributed by atoms with Crippen molar-refractivity contribution >= 4 is 11.9 Å². The number of hydrogen-bond acceptors (Lipinski definition) is 3. The fourth-order valence-electron chi connectivity index (χ4n) is 4.28. The van der Waals surface area contributed by atoms with Crippen molar-refractivity contribution in [2.75, 3.05) is 6.61 Å². The molecule has 2 atom stereocenters. The molecular weight excluding hydrogens is 314 g/mol. The highest BCUT2D eigenvalue weighted by molar-refractivity contribution is 5.78. The van der Waals surface area contributed by atoms with Crippen molar-refractivity contribution in [1.29, 1.82) is 0 Å². The van der Waals surface area contributed by atoms with E-state index >= 15 is 0 Å². The van der Waals surface area contributed by atoms with Gasteiger partial charge < -0.3 is 10.1 Å². The molecule has 2 unspecified atom stereocenters. The van der Waals surface area contributed by atoms with Crippen molar-refractivity contribution in [3.05, 3.63) is 35.4 Å². The van der Waals surface area contributed by atoms with Crippen LogP contribution in [0.3, 0.4) is 0 Å². The van der Waals surface area contributed by atoms with Gasteiger partial charge in [0.15, 0.2) is 0 Å². The van der Waals surface area contributed by atoms with E-state index in [1.54, 1.807) is 6.92 Å². The molecule has 4 nitrogen and oxygen atoms in total. The number of benzene rings is 1. The summed E-state index contributed by atoms with van der Waals surface area (Å²) in [6.45, 7) is 8.26. The van der Waals surface area contributed by atoms with Crippen molar-refractivity contribution in [1.82, 2.24) is 5.32 Å². The third kappa shape index (κ3) is 3.58. The summed E-state index contributed by atoms with van der Waals surface area (Å²) in [6, 6.07) is 8.27. The Kier molecular flexibility index (Phi) is 4.90. The van der Waals surface area contributed by atoms with Gasteiger partial charge in [-0.2, -0.15) is 0 Å². The third-order valence-corrected chi connectivity index (χ3v) is 5.84. The van der Waals surface area contributed by atoms with Gasteiger partial charge in [0.05, 0.1) is 12.5 Å². The number of ether oxygens (including phenoxy) is 1. The molecular formula is C21H29NO3.